The monoisotopic (exact) mass is 374 g/mol. The number of halogens is 1. The first-order chi connectivity index (χ1) is 12.6. The van der Waals surface area contributed by atoms with Crippen molar-refractivity contribution < 1.29 is 18.7 Å². The minimum atomic E-state index is -0.491. The average molecular weight is 374 g/mol. The number of carbonyl (C=O) groups excluding carboxylic acids is 2. The van der Waals surface area contributed by atoms with Gasteiger partial charge in [0, 0.05) is 11.4 Å². The molecule has 0 saturated carbocycles. The molecule has 5 nitrogen and oxygen atoms in total. The summed E-state index contributed by atoms with van der Waals surface area (Å²) in [5.74, 6) is 0.655. The topological polar surface area (TPSA) is 58.6 Å². The van der Waals surface area contributed by atoms with Crippen molar-refractivity contribution in [1.82, 2.24) is 5.32 Å². The van der Waals surface area contributed by atoms with Crippen molar-refractivity contribution in [3.63, 3.8) is 0 Å². The number of amides is 2. The Hall–Kier alpha value is -2.54. The van der Waals surface area contributed by atoms with E-state index in [1.54, 1.807) is 0 Å². The van der Waals surface area contributed by atoms with E-state index in [9.17, 15) is 14.0 Å². The van der Waals surface area contributed by atoms with Crippen LogP contribution in [0.3, 0.4) is 0 Å². The number of anilines is 1. The van der Waals surface area contributed by atoms with Crippen LogP contribution in [0.4, 0.5) is 14.9 Å². The van der Waals surface area contributed by atoms with Crippen LogP contribution in [0.15, 0.2) is 54.6 Å². The van der Waals surface area contributed by atoms with E-state index >= 15 is 0 Å². The van der Waals surface area contributed by atoms with Crippen LogP contribution < -0.4 is 10.2 Å². The van der Waals surface area contributed by atoms with Gasteiger partial charge in [0.25, 0.3) is 0 Å². The van der Waals surface area contributed by atoms with Gasteiger partial charge in [0.15, 0.2) is 0 Å². The second-order valence-electron chi connectivity index (χ2n) is 5.88. The van der Waals surface area contributed by atoms with Crippen LogP contribution >= 0.6 is 11.8 Å². The molecule has 1 fully saturated rings. The normalized spacial score (nSPS) is 16.4. The highest BCUT2D eigenvalue weighted by molar-refractivity contribution is 7.99. The molecule has 7 heteroatoms. The summed E-state index contributed by atoms with van der Waals surface area (Å²) >= 11 is 1.53. The van der Waals surface area contributed by atoms with Gasteiger partial charge in [-0.3, -0.25) is 9.69 Å². The molecule has 3 rings (SSSR count). The number of nitrogens with zero attached hydrogens (tertiary/aromatic N) is 1. The van der Waals surface area contributed by atoms with Crippen molar-refractivity contribution >= 4 is 29.4 Å². The maximum absolute atomic E-state index is 13.0. The van der Waals surface area contributed by atoms with Crippen LogP contribution in [0.2, 0.25) is 0 Å². The first-order valence-electron chi connectivity index (χ1n) is 8.24. The number of nitrogens with one attached hydrogen (secondary N) is 1. The van der Waals surface area contributed by atoms with E-state index in [4.69, 9.17) is 4.74 Å². The predicted molar refractivity (Wildman–Crippen MR) is 99.6 cm³/mol. The summed E-state index contributed by atoms with van der Waals surface area (Å²) in [5, 5.41) is 2.79. The zero-order chi connectivity index (χ0) is 18.4. The average Bonchev–Trinajstić information content (AvgIpc) is 3.02. The number of ether oxygens (including phenoxy) is 1. The lowest BCUT2D eigenvalue weighted by atomic mass is 10.2. The van der Waals surface area contributed by atoms with Gasteiger partial charge in [0.05, 0.1) is 18.8 Å². The van der Waals surface area contributed by atoms with Gasteiger partial charge in [0.1, 0.15) is 11.9 Å². The van der Waals surface area contributed by atoms with E-state index in [-0.39, 0.29) is 18.3 Å². The van der Waals surface area contributed by atoms with Gasteiger partial charge in [-0.1, -0.05) is 30.3 Å². The molecule has 26 heavy (non-hydrogen) atoms. The fraction of sp³-hybridized carbons (Fsp3) is 0.263. The van der Waals surface area contributed by atoms with Gasteiger partial charge in [0.2, 0.25) is 5.91 Å². The molecule has 0 unspecified atom stereocenters. The number of benzene rings is 2. The summed E-state index contributed by atoms with van der Waals surface area (Å²) in [6.07, 6.45) is -0.912. The number of hydrogen-bond donors (Lipinski definition) is 1. The molecule has 1 aliphatic rings. The Morgan fingerprint density at radius 1 is 1.19 bits per heavy atom. The molecule has 0 radical (unpaired) electrons. The van der Waals surface area contributed by atoms with Crippen molar-refractivity contribution in [3.8, 4) is 0 Å². The van der Waals surface area contributed by atoms with Gasteiger partial charge in [-0.25, -0.2) is 9.18 Å². The molecule has 1 N–H and O–H groups in total. The van der Waals surface area contributed by atoms with E-state index in [1.165, 1.54) is 46.5 Å². The molecule has 2 aromatic rings. The van der Waals surface area contributed by atoms with Gasteiger partial charge >= 0.3 is 6.09 Å². The highest BCUT2D eigenvalue weighted by Crippen LogP contribution is 2.21. The third kappa shape index (κ3) is 4.98. The van der Waals surface area contributed by atoms with Crippen molar-refractivity contribution in [1.29, 1.82) is 0 Å². The third-order valence-corrected chi connectivity index (χ3v) is 4.89. The highest BCUT2D eigenvalue weighted by atomic mass is 32.2. The number of thioether (sulfide) groups is 1. The summed E-state index contributed by atoms with van der Waals surface area (Å²) in [6.45, 7) is 0.579. The molecule has 1 heterocycles. The lowest BCUT2D eigenvalue weighted by Gasteiger charge is -2.13. The van der Waals surface area contributed by atoms with Crippen LogP contribution in [0.1, 0.15) is 5.56 Å². The molecule has 1 aliphatic heterocycles. The van der Waals surface area contributed by atoms with Crippen molar-refractivity contribution in [2.24, 2.45) is 0 Å². The maximum Gasteiger partial charge on any atom is 0.414 e. The Bertz CT molecular complexity index is 755. The molecule has 1 saturated heterocycles. The Labute approximate surface area is 155 Å². The summed E-state index contributed by atoms with van der Waals surface area (Å²) in [6, 6.07) is 15.6. The number of carbonyl (C=O) groups is 2. The summed E-state index contributed by atoms with van der Waals surface area (Å²) in [4.78, 5) is 25.3. The fourth-order valence-corrected chi connectivity index (χ4v) is 3.39. The summed E-state index contributed by atoms with van der Waals surface area (Å²) in [5.41, 5.74) is 1.74. The van der Waals surface area contributed by atoms with Crippen LogP contribution in [0.25, 0.3) is 0 Å². The molecule has 2 aromatic carbocycles. The lowest BCUT2D eigenvalue weighted by Crippen LogP contribution is -2.35. The van der Waals surface area contributed by atoms with Crippen LogP contribution in [-0.2, 0) is 15.3 Å². The Morgan fingerprint density at radius 3 is 2.65 bits per heavy atom. The lowest BCUT2D eigenvalue weighted by molar-refractivity contribution is -0.118. The molecular weight excluding hydrogens is 355 g/mol. The molecular formula is C19H19FN2O3S. The number of cyclic esters (lactones) is 1. The minimum Gasteiger partial charge on any atom is -0.442 e. The first kappa shape index (κ1) is 18.3. The van der Waals surface area contributed by atoms with Gasteiger partial charge in [-0.2, -0.15) is 0 Å². The van der Waals surface area contributed by atoms with Crippen LogP contribution in [0, 0.1) is 5.82 Å². The zero-order valence-electron chi connectivity index (χ0n) is 14.1. The standard InChI is InChI=1S/C19H19FN2O3S/c20-15-6-8-16(9-7-15)22-11-17(25-19(22)24)10-21-18(23)13-26-12-14-4-2-1-3-5-14/h1-9,17H,10-13H2,(H,21,23)/t17-/m0/s1. The van der Waals surface area contributed by atoms with Crippen molar-refractivity contribution in [2.75, 3.05) is 23.7 Å². The summed E-state index contributed by atoms with van der Waals surface area (Å²) < 4.78 is 18.2. The van der Waals surface area contributed by atoms with Crippen molar-refractivity contribution in [2.45, 2.75) is 11.9 Å². The van der Waals surface area contributed by atoms with E-state index in [0.29, 0.717) is 18.0 Å². The van der Waals surface area contributed by atoms with Gasteiger partial charge in [-0.05, 0) is 29.8 Å². The minimum absolute atomic E-state index is 0.0952. The molecule has 2 amide bonds. The van der Waals surface area contributed by atoms with Crippen LogP contribution in [-0.4, -0.2) is 36.9 Å². The maximum atomic E-state index is 13.0. The Morgan fingerprint density at radius 2 is 1.92 bits per heavy atom. The number of rotatable bonds is 7. The van der Waals surface area contributed by atoms with E-state index < -0.39 is 12.2 Å². The molecule has 1 atom stereocenters. The van der Waals surface area contributed by atoms with E-state index in [2.05, 4.69) is 5.32 Å². The predicted octanol–water partition coefficient (Wildman–Crippen LogP) is 3.20. The summed E-state index contributed by atoms with van der Waals surface area (Å²) in [7, 11) is 0. The van der Waals surface area contributed by atoms with E-state index in [0.717, 1.165) is 5.75 Å². The van der Waals surface area contributed by atoms with Crippen LogP contribution in [0.5, 0.6) is 0 Å². The Balaban J connectivity index is 1.40. The SMILES string of the molecule is O=C(CSCc1ccccc1)NC[C@H]1CN(c2ccc(F)cc2)C(=O)O1. The smallest absolute Gasteiger partial charge is 0.414 e. The molecule has 136 valence electrons. The second-order valence-corrected chi connectivity index (χ2v) is 6.86. The highest BCUT2D eigenvalue weighted by Gasteiger charge is 2.32. The second kappa shape index (κ2) is 8.71. The van der Waals surface area contributed by atoms with Gasteiger partial charge < -0.3 is 10.1 Å². The molecule has 0 spiro atoms. The quantitative estimate of drug-likeness (QED) is 0.809. The molecule has 0 bridgehead atoms. The fourth-order valence-electron chi connectivity index (χ4n) is 2.57. The van der Waals surface area contributed by atoms with Gasteiger partial charge in [-0.15, -0.1) is 11.8 Å². The first-order valence-corrected chi connectivity index (χ1v) is 9.39. The molecule has 0 aromatic heterocycles. The third-order valence-electron chi connectivity index (χ3n) is 3.88. The Kier molecular flexibility index (Phi) is 6.12. The zero-order valence-corrected chi connectivity index (χ0v) is 14.9. The van der Waals surface area contributed by atoms with E-state index in [1.807, 2.05) is 30.3 Å². The van der Waals surface area contributed by atoms with Crippen molar-refractivity contribution in [3.05, 3.63) is 66.0 Å². The number of hydrogen-bond acceptors (Lipinski definition) is 4. The molecule has 0 aliphatic carbocycles. The largest absolute Gasteiger partial charge is 0.442 e.